The molecule has 2 aromatic rings. The molecular formula is C24H28F2N2O3. The Morgan fingerprint density at radius 1 is 0.968 bits per heavy atom. The predicted molar refractivity (Wildman–Crippen MR) is 114 cm³/mol. The summed E-state index contributed by atoms with van der Waals surface area (Å²) in [4.78, 5) is 27.0. The first-order valence-electron chi connectivity index (χ1n) is 10.5. The van der Waals surface area contributed by atoms with E-state index in [0.29, 0.717) is 25.9 Å². The maximum absolute atomic E-state index is 13.0. The smallest absolute Gasteiger partial charge is 0.387 e. The molecule has 2 amide bonds. The van der Waals surface area contributed by atoms with E-state index in [1.807, 2.05) is 49.1 Å². The molecule has 0 spiro atoms. The number of carbonyl (C=O) groups excluding carboxylic acids is 2. The van der Waals surface area contributed by atoms with Crippen LogP contribution in [-0.4, -0.2) is 36.4 Å². The topological polar surface area (TPSA) is 58.6 Å². The minimum absolute atomic E-state index is 0.0511. The van der Waals surface area contributed by atoms with Gasteiger partial charge in [-0.1, -0.05) is 56.3 Å². The number of amides is 2. The highest BCUT2D eigenvalue weighted by molar-refractivity contribution is 5.81. The molecule has 7 heteroatoms. The highest BCUT2D eigenvalue weighted by Gasteiger charge is 2.29. The van der Waals surface area contributed by atoms with Crippen LogP contribution in [0.25, 0.3) is 0 Å². The van der Waals surface area contributed by atoms with Gasteiger partial charge in [-0.3, -0.25) is 9.59 Å². The zero-order valence-corrected chi connectivity index (χ0v) is 17.8. The maximum atomic E-state index is 13.0. The fraction of sp³-hybridized carbons (Fsp3) is 0.417. The molecule has 1 heterocycles. The summed E-state index contributed by atoms with van der Waals surface area (Å²) in [5.74, 6) is -0.113. The van der Waals surface area contributed by atoms with Gasteiger partial charge in [0.15, 0.2) is 0 Å². The Morgan fingerprint density at radius 2 is 1.55 bits per heavy atom. The molecular weight excluding hydrogens is 402 g/mol. The number of piperidine rings is 1. The molecule has 0 bridgehead atoms. The van der Waals surface area contributed by atoms with Crippen molar-refractivity contribution in [3.63, 3.8) is 0 Å². The third-order valence-electron chi connectivity index (χ3n) is 5.53. The first kappa shape index (κ1) is 22.7. The van der Waals surface area contributed by atoms with Crippen molar-refractivity contribution in [3.8, 4) is 5.75 Å². The van der Waals surface area contributed by atoms with Gasteiger partial charge in [-0.05, 0) is 36.1 Å². The standard InChI is InChI=1S/C24H28F2N2O3/c1-16(2)23(30)28-14-12-19(13-15-28)22(29)27-21(17-6-4-3-5-7-17)18-8-10-20(11-9-18)31-24(25)26/h3-11,16,19,21,24H,12-15H2,1-2H3,(H,27,29). The SMILES string of the molecule is CC(C)C(=O)N1CCC(C(=O)NC(c2ccccc2)c2ccc(OC(F)F)cc2)CC1. The van der Waals surface area contributed by atoms with Crippen LogP contribution in [0.15, 0.2) is 54.6 Å². The lowest BCUT2D eigenvalue weighted by Gasteiger charge is -2.33. The van der Waals surface area contributed by atoms with Crippen LogP contribution in [0.4, 0.5) is 8.78 Å². The second kappa shape index (κ2) is 10.4. The summed E-state index contributed by atoms with van der Waals surface area (Å²) < 4.78 is 29.3. The Bertz CT molecular complexity index is 864. The molecule has 3 rings (SSSR count). The van der Waals surface area contributed by atoms with Gasteiger partial charge in [0.25, 0.3) is 0 Å². The number of benzene rings is 2. The van der Waals surface area contributed by atoms with E-state index in [1.54, 1.807) is 12.1 Å². The average molecular weight is 430 g/mol. The number of carbonyl (C=O) groups is 2. The van der Waals surface area contributed by atoms with Crippen LogP contribution >= 0.6 is 0 Å². The number of likely N-dealkylation sites (tertiary alicyclic amines) is 1. The monoisotopic (exact) mass is 430 g/mol. The fourth-order valence-electron chi connectivity index (χ4n) is 3.83. The quantitative estimate of drug-likeness (QED) is 0.709. The summed E-state index contributed by atoms with van der Waals surface area (Å²) in [6.07, 6.45) is 1.24. The molecule has 2 aromatic carbocycles. The van der Waals surface area contributed by atoms with E-state index < -0.39 is 12.7 Å². The van der Waals surface area contributed by atoms with Gasteiger partial charge < -0.3 is 15.0 Å². The minimum Gasteiger partial charge on any atom is -0.435 e. The lowest BCUT2D eigenvalue weighted by molar-refractivity contribution is -0.138. The van der Waals surface area contributed by atoms with E-state index in [9.17, 15) is 18.4 Å². The molecule has 1 aliphatic heterocycles. The van der Waals surface area contributed by atoms with Gasteiger partial charge >= 0.3 is 6.61 Å². The molecule has 0 aliphatic carbocycles. The van der Waals surface area contributed by atoms with Crippen LogP contribution in [0.5, 0.6) is 5.75 Å². The highest BCUT2D eigenvalue weighted by Crippen LogP contribution is 2.27. The number of hydrogen-bond donors (Lipinski definition) is 1. The van der Waals surface area contributed by atoms with Gasteiger partial charge in [-0.25, -0.2) is 0 Å². The molecule has 0 radical (unpaired) electrons. The Hall–Kier alpha value is -2.96. The number of hydrogen-bond acceptors (Lipinski definition) is 3. The second-order valence-corrected chi connectivity index (χ2v) is 8.05. The van der Waals surface area contributed by atoms with Gasteiger partial charge in [-0.2, -0.15) is 8.78 Å². The molecule has 0 aromatic heterocycles. The van der Waals surface area contributed by atoms with Crippen LogP contribution in [0, 0.1) is 11.8 Å². The van der Waals surface area contributed by atoms with Gasteiger partial charge in [-0.15, -0.1) is 0 Å². The number of ether oxygens (including phenoxy) is 1. The Labute approximate surface area is 181 Å². The van der Waals surface area contributed by atoms with E-state index in [4.69, 9.17) is 0 Å². The Morgan fingerprint density at radius 3 is 2.10 bits per heavy atom. The van der Waals surface area contributed by atoms with Crippen LogP contribution in [0.2, 0.25) is 0 Å². The number of halogens is 2. The van der Waals surface area contributed by atoms with Crippen molar-refractivity contribution in [3.05, 3.63) is 65.7 Å². The third-order valence-corrected chi connectivity index (χ3v) is 5.53. The average Bonchev–Trinajstić information content (AvgIpc) is 2.77. The zero-order valence-electron chi connectivity index (χ0n) is 17.8. The summed E-state index contributed by atoms with van der Waals surface area (Å²) in [6.45, 7) is 2.02. The van der Waals surface area contributed by atoms with Gasteiger partial charge in [0.1, 0.15) is 5.75 Å². The number of rotatable bonds is 7. The van der Waals surface area contributed by atoms with Crippen molar-refractivity contribution >= 4 is 11.8 Å². The molecule has 1 fully saturated rings. The predicted octanol–water partition coefficient (Wildman–Crippen LogP) is 4.39. The normalized spacial score (nSPS) is 15.7. The zero-order chi connectivity index (χ0) is 22.4. The highest BCUT2D eigenvalue weighted by atomic mass is 19.3. The van der Waals surface area contributed by atoms with Crippen molar-refractivity contribution < 1.29 is 23.1 Å². The van der Waals surface area contributed by atoms with Gasteiger partial charge in [0.2, 0.25) is 11.8 Å². The van der Waals surface area contributed by atoms with Crippen molar-refractivity contribution in [2.24, 2.45) is 11.8 Å². The number of alkyl halides is 2. The van der Waals surface area contributed by atoms with Crippen molar-refractivity contribution in [1.29, 1.82) is 0 Å². The first-order valence-corrected chi connectivity index (χ1v) is 10.5. The van der Waals surface area contributed by atoms with Crippen LogP contribution in [0.1, 0.15) is 43.9 Å². The number of nitrogens with one attached hydrogen (secondary N) is 1. The summed E-state index contributed by atoms with van der Waals surface area (Å²) >= 11 is 0. The Balaban J connectivity index is 1.71. The molecule has 1 atom stereocenters. The number of nitrogens with zero attached hydrogens (tertiary/aromatic N) is 1. The summed E-state index contributed by atoms with van der Waals surface area (Å²) in [5, 5.41) is 3.12. The Kier molecular flexibility index (Phi) is 7.60. The van der Waals surface area contributed by atoms with E-state index in [2.05, 4.69) is 10.1 Å². The molecule has 1 aliphatic rings. The minimum atomic E-state index is -2.89. The van der Waals surface area contributed by atoms with E-state index in [-0.39, 0.29) is 29.4 Å². The third kappa shape index (κ3) is 6.03. The maximum Gasteiger partial charge on any atom is 0.387 e. The molecule has 166 valence electrons. The molecule has 5 nitrogen and oxygen atoms in total. The molecule has 1 saturated heterocycles. The summed E-state index contributed by atoms with van der Waals surface area (Å²) in [5.41, 5.74) is 1.67. The van der Waals surface area contributed by atoms with E-state index >= 15 is 0 Å². The summed E-state index contributed by atoms with van der Waals surface area (Å²) in [7, 11) is 0. The van der Waals surface area contributed by atoms with Crippen molar-refractivity contribution in [2.45, 2.75) is 39.3 Å². The van der Waals surface area contributed by atoms with E-state index in [1.165, 1.54) is 12.1 Å². The van der Waals surface area contributed by atoms with Crippen molar-refractivity contribution in [1.82, 2.24) is 10.2 Å². The molecule has 0 saturated carbocycles. The van der Waals surface area contributed by atoms with E-state index in [0.717, 1.165) is 11.1 Å². The largest absolute Gasteiger partial charge is 0.435 e. The molecule has 1 N–H and O–H groups in total. The second-order valence-electron chi connectivity index (χ2n) is 8.05. The molecule has 31 heavy (non-hydrogen) atoms. The van der Waals surface area contributed by atoms with Crippen LogP contribution in [0.3, 0.4) is 0 Å². The lowest BCUT2D eigenvalue weighted by atomic mass is 9.93. The van der Waals surface area contributed by atoms with Gasteiger partial charge in [0, 0.05) is 24.9 Å². The fourth-order valence-corrected chi connectivity index (χ4v) is 3.83. The van der Waals surface area contributed by atoms with Crippen LogP contribution < -0.4 is 10.1 Å². The lowest BCUT2D eigenvalue weighted by Crippen LogP contribution is -2.45. The van der Waals surface area contributed by atoms with Crippen LogP contribution in [-0.2, 0) is 9.59 Å². The van der Waals surface area contributed by atoms with Crippen molar-refractivity contribution in [2.75, 3.05) is 13.1 Å². The summed E-state index contributed by atoms with van der Waals surface area (Å²) in [6, 6.07) is 15.4. The first-order chi connectivity index (χ1) is 14.8. The molecule has 1 unspecified atom stereocenters. The van der Waals surface area contributed by atoms with Gasteiger partial charge in [0.05, 0.1) is 6.04 Å².